The van der Waals surface area contributed by atoms with Gasteiger partial charge in [0, 0.05) is 19.1 Å². The van der Waals surface area contributed by atoms with Crippen LogP contribution in [0.3, 0.4) is 0 Å². The third kappa shape index (κ3) is 2.44. The predicted octanol–water partition coefficient (Wildman–Crippen LogP) is 2.18. The zero-order chi connectivity index (χ0) is 13.2. The van der Waals surface area contributed by atoms with Crippen molar-refractivity contribution in [1.29, 1.82) is 0 Å². The maximum atomic E-state index is 4.28. The lowest BCUT2D eigenvalue weighted by atomic mass is 9.75. The standard InChI is InChI=1S/C12H20BrN5/c1-14-10-9(13)11(17-8-16-10)15-7-12(18(2)3)5-4-6-12/h8H,4-7H2,1-3H3,(H2,14,15,16,17). The molecule has 1 fully saturated rings. The van der Waals surface area contributed by atoms with Gasteiger partial charge in [-0.1, -0.05) is 0 Å². The van der Waals surface area contributed by atoms with E-state index in [1.54, 1.807) is 6.33 Å². The quantitative estimate of drug-likeness (QED) is 0.872. The molecule has 0 amide bonds. The molecular formula is C12H20BrN5. The second-order valence-corrected chi connectivity index (χ2v) is 5.75. The molecule has 0 spiro atoms. The largest absolute Gasteiger partial charge is 0.372 e. The lowest BCUT2D eigenvalue weighted by Crippen LogP contribution is -2.54. The van der Waals surface area contributed by atoms with Crippen molar-refractivity contribution >= 4 is 27.6 Å². The lowest BCUT2D eigenvalue weighted by Gasteiger charge is -2.47. The number of nitrogens with one attached hydrogen (secondary N) is 2. The van der Waals surface area contributed by atoms with Crippen molar-refractivity contribution in [3.05, 3.63) is 10.8 Å². The van der Waals surface area contributed by atoms with Gasteiger partial charge in [0.2, 0.25) is 0 Å². The van der Waals surface area contributed by atoms with E-state index in [1.807, 2.05) is 7.05 Å². The van der Waals surface area contributed by atoms with Crippen molar-refractivity contribution in [3.8, 4) is 0 Å². The number of rotatable bonds is 5. The maximum Gasteiger partial charge on any atom is 0.146 e. The highest BCUT2D eigenvalue weighted by Crippen LogP contribution is 2.36. The predicted molar refractivity (Wildman–Crippen MR) is 78.0 cm³/mol. The van der Waals surface area contributed by atoms with Crippen LogP contribution >= 0.6 is 15.9 Å². The average molecular weight is 314 g/mol. The number of hydrogen-bond donors (Lipinski definition) is 2. The minimum atomic E-state index is 0.282. The summed E-state index contributed by atoms with van der Waals surface area (Å²) in [7, 11) is 6.15. The Labute approximate surface area is 117 Å². The molecular weight excluding hydrogens is 294 g/mol. The SMILES string of the molecule is CNc1ncnc(NCC2(N(C)C)CCC2)c1Br. The molecule has 1 aliphatic rings. The zero-order valence-electron chi connectivity index (χ0n) is 11.1. The summed E-state index contributed by atoms with van der Waals surface area (Å²) >= 11 is 3.52. The molecule has 0 aromatic carbocycles. The summed E-state index contributed by atoms with van der Waals surface area (Å²) in [5, 5.41) is 6.47. The van der Waals surface area contributed by atoms with Crippen LogP contribution in [0.2, 0.25) is 0 Å². The molecule has 1 heterocycles. The van der Waals surface area contributed by atoms with Gasteiger partial charge in [0.05, 0.1) is 0 Å². The summed E-state index contributed by atoms with van der Waals surface area (Å²) in [5.41, 5.74) is 0.282. The Bertz CT molecular complexity index is 417. The van der Waals surface area contributed by atoms with Crippen LogP contribution in [0.25, 0.3) is 0 Å². The number of aromatic nitrogens is 2. The summed E-state index contributed by atoms with van der Waals surface area (Å²) < 4.78 is 0.890. The molecule has 6 heteroatoms. The van der Waals surface area contributed by atoms with Crippen LogP contribution in [0.4, 0.5) is 11.6 Å². The third-order valence-corrected chi connectivity index (χ3v) is 4.60. The normalized spacial score (nSPS) is 17.4. The molecule has 100 valence electrons. The topological polar surface area (TPSA) is 53.1 Å². The molecule has 2 rings (SSSR count). The number of halogens is 1. The lowest BCUT2D eigenvalue weighted by molar-refractivity contribution is 0.0738. The van der Waals surface area contributed by atoms with Crippen molar-refractivity contribution < 1.29 is 0 Å². The molecule has 5 nitrogen and oxygen atoms in total. The molecule has 18 heavy (non-hydrogen) atoms. The van der Waals surface area contributed by atoms with Crippen molar-refractivity contribution in [2.24, 2.45) is 0 Å². The fourth-order valence-electron chi connectivity index (χ4n) is 2.28. The van der Waals surface area contributed by atoms with E-state index >= 15 is 0 Å². The fraction of sp³-hybridized carbons (Fsp3) is 0.667. The molecule has 2 N–H and O–H groups in total. The van der Waals surface area contributed by atoms with Gasteiger partial charge in [-0.25, -0.2) is 9.97 Å². The van der Waals surface area contributed by atoms with Gasteiger partial charge in [-0.15, -0.1) is 0 Å². The highest BCUT2D eigenvalue weighted by atomic mass is 79.9. The average Bonchev–Trinajstić information content (AvgIpc) is 2.29. The number of anilines is 2. The number of hydrogen-bond acceptors (Lipinski definition) is 5. The number of likely N-dealkylation sites (N-methyl/N-ethyl adjacent to an activating group) is 1. The van der Waals surface area contributed by atoms with Gasteiger partial charge in [-0.3, -0.25) is 0 Å². The fourth-order valence-corrected chi connectivity index (χ4v) is 2.83. The van der Waals surface area contributed by atoms with E-state index in [0.29, 0.717) is 0 Å². The second kappa shape index (κ2) is 5.40. The third-order valence-electron chi connectivity index (χ3n) is 3.84. The van der Waals surface area contributed by atoms with Crippen molar-refractivity contribution in [3.63, 3.8) is 0 Å². The molecule has 0 saturated heterocycles. The molecule has 0 radical (unpaired) electrons. The Hall–Kier alpha value is -0.880. The molecule has 1 aliphatic carbocycles. The first-order chi connectivity index (χ1) is 8.59. The first-order valence-corrected chi connectivity index (χ1v) is 6.98. The first-order valence-electron chi connectivity index (χ1n) is 6.18. The van der Waals surface area contributed by atoms with Gasteiger partial charge in [0.15, 0.2) is 0 Å². The van der Waals surface area contributed by atoms with Crippen LogP contribution in [0.15, 0.2) is 10.8 Å². The molecule has 1 aromatic rings. The Morgan fingerprint density at radius 2 is 2.00 bits per heavy atom. The van der Waals surface area contributed by atoms with Gasteiger partial charge >= 0.3 is 0 Å². The van der Waals surface area contributed by atoms with Crippen LogP contribution in [0.5, 0.6) is 0 Å². The van der Waals surface area contributed by atoms with Crippen LogP contribution < -0.4 is 10.6 Å². The Kier molecular flexibility index (Phi) is 4.07. The first kappa shape index (κ1) is 13.5. The van der Waals surface area contributed by atoms with Gasteiger partial charge in [0.1, 0.15) is 22.4 Å². The van der Waals surface area contributed by atoms with E-state index in [2.05, 4.69) is 55.5 Å². The summed E-state index contributed by atoms with van der Waals surface area (Å²) in [6.45, 7) is 0.915. The molecule has 0 unspecified atom stereocenters. The highest BCUT2D eigenvalue weighted by Gasteiger charge is 2.38. The highest BCUT2D eigenvalue weighted by molar-refractivity contribution is 9.10. The Morgan fingerprint density at radius 1 is 1.33 bits per heavy atom. The Morgan fingerprint density at radius 3 is 2.50 bits per heavy atom. The van der Waals surface area contributed by atoms with Crippen molar-refractivity contribution in [2.45, 2.75) is 24.8 Å². The molecule has 1 aromatic heterocycles. The zero-order valence-corrected chi connectivity index (χ0v) is 12.7. The maximum absolute atomic E-state index is 4.28. The number of nitrogens with zero attached hydrogens (tertiary/aromatic N) is 3. The summed E-state index contributed by atoms with van der Waals surface area (Å²) in [6, 6.07) is 0. The van der Waals surface area contributed by atoms with Crippen LogP contribution in [0, 0.1) is 0 Å². The van der Waals surface area contributed by atoms with E-state index in [-0.39, 0.29) is 5.54 Å². The van der Waals surface area contributed by atoms with E-state index in [0.717, 1.165) is 22.7 Å². The van der Waals surface area contributed by atoms with Crippen molar-refractivity contribution in [1.82, 2.24) is 14.9 Å². The summed E-state index contributed by atoms with van der Waals surface area (Å²) in [6.07, 6.45) is 5.37. The van der Waals surface area contributed by atoms with Crippen LogP contribution in [-0.4, -0.2) is 48.1 Å². The van der Waals surface area contributed by atoms with E-state index < -0.39 is 0 Å². The molecule has 0 atom stereocenters. The minimum absolute atomic E-state index is 0.282. The van der Waals surface area contributed by atoms with Crippen LogP contribution in [0.1, 0.15) is 19.3 Å². The van der Waals surface area contributed by atoms with Gasteiger partial charge in [-0.2, -0.15) is 0 Å². The molecule has 1 saturated carbocycles. The van der Waals surface area contributed by atoms with E-state index in [4.69, 9.17) is 0 Å². The Balaban J connectivity index is 2.06. The van der Waals surface area contributed by atoms with Crippen LogP contribution in [-0.2, 0) is 0 Å². The summed E-state index contributed by atoms with van der Waals surface area (Å²) in [5.74, 6) is 1.66. The second-order valence-electron chi connectivity index (χ2n) is 4.96. The smallest absolute Gasteiger partial charge is 0.146 e. The molecule has 0 bridgehead atoms. The van der Waals surface area contributed by atoms with E-state index in [9.17, 15) is 0 Å². The molecule has 0 aliphatic heterocycles. The minimum Gasteiger partial charge on any atom is -0.372 e. The van der Waals surface area contributed by atoms with E-state index in [1.165, 1.54) is 19.3 Å². The summed E-state index contributed by atoms with van der Waals surface area (Å²) in [4.78, 5) is 10.7. The van der Waals surface area contributed by atoms with Gasteiger partial charge in [-0.05, 0) is 49.3 Å². The van der Waals surface area contributed by atoms with Gasteiger partial charge in [0.25, 0.3) is 0 Å². The monoisotopic (exact) mass is 313 g/mol. The van der Waals surface area contributed by atoms with Crippen molar-refractivity contribution in [2.75, 3.05) is 38.3 Å². The van der Waals surface area contributed by atoms with Gasteiger partial charge < -0.3 is 15.5 Å².